The minimum Gasteiger partial charge on any atom is -0.462 e. The SMILES string of the molecule is C[C@H](Cc1cc(C#N)c2c(c1)CCN2CCCOC(=O)c1ccc(F)cc1)N[C@H](C)c1ccccc1. The molecule has 3 aromatic rings. The summed E-state index contributed by atoms with van der Waals surface area (Å²) in [4.78, 5) is 14.3. The van der Waals surface area contributed by atoms with E-state index < -0.39 is 5.97 Å². The molecular formula is C30H32FN3O2. The van der Waals surface area contributed by atoms with Crippen molar-refractivity contribution in [2.75, 3.05) is 24.6 Å². The molecule has 1 aliphatic heterocycles. The summed E-state index contributed by atoms with van der Waals surface area (Å²) in [6.07, 6.45) is 2.39. The standard InChI is InChI=1S/C30H32FN3O2/c1-21(33-22(2)24-7-4-3-5-8-24)17-23-18-26-13-15-34(29(26)27(19-23)20-32)14-6-16-36-30(35)25-9-11-28(31)12-10-25/h3-5,7-12,18-19,21-22,33H,6,13-17H2,1-2H3/t21-,22-/m1/s1. The Morgan fingerprint density at radius 2 is 1.89 bits per heavy atom. The Morgan fingerprint density at radius 3 is 2.61 bits per heavy atom. The number of esters is 1. The van der Waals surface area contributed by atoms with Gasteiger partial charge in [0.2, 0.25) is 0 Å². The smallest absolute Gasteiger partial charge is 0.338 e. The number of hydrogen-bond donors (Lipinski definition) is 1. The van der Waals surface area contributed by atoms with Crippen molar-refractivity contribution in [1.29, 1.82) is 5.26 Å². The van der Waals surface area contributed by atoms with Gasteiger partial charge in [0.05, 0.1) is 23.4 Å². The predicted octanol–water partition coefficient (Wildman–Crippen LogP) is 5.59. The quantitative estimate of drug-likeness (QED) is 0.300. The fraction of sp³-hybridized carbons (Fsp3) is 0.333. The van der Waals surface area contributed by atoms with Gasteiger partial charge in [0.15, 0.2) is 0 Å². The molecule has 0 fully saturated rings. The lowest BCUT2D eigenvalue weighted by atomic mass is 9.98. The third-order valence-electron chi connectivity index (χ3n) is 6.60. The van der Waals surface area contributed by atoms with E-state index in [0.29, 0.717) is 24.1 Å². The van der Waals surface area contributed by atoms with Gasteiger partial charge in [0.25, 0.3) is 0 Å². The maximum atomic E-state index is 13.0. The Morgan fingerprint density at radius 1 is 1.14 bits per heavy atom. The molecule has 6 heteroatoms. The molecule has 0 unspecified atom stereocenters. The van der Waals surface area contributed by atoms with E-state index in [0.717, 1.165) is 25.1 Å². The number of hydrogen-bond acceptors (Lipinski definition) is 5. The summed E-state index contributed by atoms with van der Waals surface area (Å²) in [6.45, 7) is 6.16. The van der Waals surface area contributed by atoms with E-state index in [2.05, 4.69) is 60.5 Å². The molecule has 1 aliphatic rings. The van der Waals surface area contributed by atoms with Gasteiger partial charge in [-0.15, -0.1) is 0 Å². The topological polar surface area (TPSA) is 65.4 Å². The van der Waals surface area contributed by atoms with Gasteiger partial charge >= 0.3 is 5.97 Å². The average Bonchev–Trinajstić information content (AvgIpc) is 3.29. The Balaban J connectivity index is 1.32. The van der Waals surface area contributed by atoms with Crippen LogP contribution < -0.4 is 10.2 Å². The monoisotopic (exact) mass is 485 g/mol. The summed E-state index contributed by atoms with van der Waals surface area (Å²) in [5.74, 6) is -0.841. The van der Waals surface area contributed by atoms with Crippen molar-refractivity contribution in [2.24, 2.45) is 0 Å². The van der Waals surface area contributed by atoms with Crippen molar-refractivity contribution in [3.05, 3.63) is 100 Å². The summed E-state index contributed by atoms with van der Waals surface area (Å²) in [7, 11) is 0. The lowest BCUT2D eigenvalue weighted by molar-refractivity contribution is 0.0502. The number of rotatable bonds is 10. The normalized spacial score (nSPS) is 14.1. The summed E-state index contributed by atoms with van der Waals surface area (Å²) >= 11 is 0. The third kappa shape index (κ3) is 6.30. The second-order valence-electron chi connectivity index (χ2n) is 9.40. The molecule has 186 valence electrons. The van der Waals surface area contributed by atoms with Crippen molar-refractivity contribution < 1.29 is 13.9 Å². The lowest BCUT2D eigenvalue weighted by Gasteiger charge is -2.22. The van der Waals surface area contributed by atoms with Gasteiger partial charge in [-0.2, -0.15) is 5.26 Å². The van der Waals surface area contributed by atoms with Crippen LogP contribution in [0.4, 0.5) is 10.1 Å². The van der Waals surface area contributed by atoms with Gasteiger partial charge in [-0.25, -0.2) is 9.18 Å². The van der Waals surface area contributed by atoms with E-state index in [9.17, 15) is 14.4 Å². The lowest BCUT2D eigenvalue weighted by Crippen LogP contribution is -2.30. The number of anilines is 1. The highest BCUT2D eigenvalue weighted by Crippen LogP contribution is 2.33. The molecule has 0 saturated heterocycles. The van der Waals surface area contributed by atoms with E-state index in [4.69, 9.17) is 4.74 Å². The first-order valence-electron chi connectivity index (χ1n) is 12.5. The molecule has 0 aliphatic carbocycles. The van der Waals surface area contributed by atoms with Crippen LogP contribution in [0.15, 0.2) is 66.7 Å². The van der Waals surface area contributed by atoms with Crippen molar-refractivity contribution in [3.63, 3.8) is 0 Å². The fourth-order valence-electron chi connectivity index (χ4n) is 4.89. The van der Waals surface area contributed by atoms with E-state index in [1.807, 2.05) is 12.1 Å². The molecule has 0 radical (unpaired) electrons. The summed E-state index contributed by atoms with van der Waals surface area (Å²) in [5, 5.41) is 13.5. The largest absolute Gasteiger partial charge is 0.462 e. The molecule has 0 spiro atoms. The summed E-state index contributed by atoms with van der Waals surface area (Å²) in [5.41, 5.74) is 5.67. The number of carbonyl (C=O) groups is 1. The van der Waals surface area contributed by atoms with E-state index in [1.165, 1.54) is 41.0 Å². The van der Waals surface area contributed by atoms with E-state index in [-0.39, 0.29) is 24.5 Å². The summed E-state index contributed by atoms with van der Waals surface area (Å²) < 4.78 is 18.4. The number of nitrogens with one attached hydrogen (secondary N) is 1. The van der Waals surface area contributed by atoms with Crippen molar-refractivity contribution >= 4 is 11.7 Å². The van der Waals surface area contributed by atoms with Gasteiger partial charge in [-0.05, 0) is 80.1 Å². The Hall–Kier alpha value is -3.69. The molecule has 2 atom stereocenters. The Labute approximate surface area is 212 Å². The van der Waals surface area contributed by atoms with Crippen LogP contribution in [-0.4, -0.2) is 31.7 Å². The first-order valence-corrected chi connectivity index (χ1v) is 12.5. The minimum absolute atomic E-state index is 0.249. The molecule has 0 amide bonds. The highest BCUT2D eigenvalue weighted by atomic mass is 19.1. The van der Waals surface area contributed by atoms with Gasteiger partial charge in [-0.1, -0.05) is 36.4 Å². The number of carbonyl (C=O) groups excluding carboxylic acids is 1. The maximum absolute atomic E-state index is 13.0. The molecule has 3 aromatic carbocycles. The number of benzene rings is 3. The molecule has 0 bridgehead atoms. The molecule has 5 nitrogen and oxygen atoms in total. The van der Waals surface area contributed by atoms with E-state index >= 15 is 0 Å². The first-order chi connectivity index (χ1) is 17.4. The molecule has 36 heavy (non-hydrogen) atoms. The molecule has 1 N–H and O–H groups in total. The van der Waals surface area contributed by atoms with Gasteiger partial charge in [0.1, 0.15) is 11.9 Å². The predicted molar refractivity (Wildman–Crippen MR) is 140 cm³/mol. The maximum Gasteiger partial charge on any atom is 0.338 e. The van der Waals surface area contributed by atoms with Crippen molar-refractivity contribution in [1.82, 2.24) is 5.32 Å². The van der Waals surface area contributed by atoms with Crippen molar-refractivity contribution in [3.8, 4) is 6.07 Å². The third-order valence-corrected chi connectivity index (χ3v) is 6.60. The van der Waals surface area contributed by atoms with Gasteiger partial charge < -0.3 is 15.0 Å². The zero-order valence-corrected chi connectivity index (χ0v) is 20.8. The van der Waals surface area contributed by atoms with Crippen molar-refractivity contribution in [2.45, 2.75) is 45.2 Å². The van der Waals surface area contributed by atoms with Crippen LogP contribution in [0, 0.1) is 17.1 Å². The van der Waals surface area contributed by atoms with Crippen LogP contribution in [-0.2, 0) is 17.6 Å². The van der Waals surface area contributed by atoms with Crippen LogP contribution in [0.25, 0.3) is 0 Å². The molecule has 4 rings (SSSR count). The van der Waals surface area contributed by atoms with Crippen LogP contribution in [0.3, 0.4) is 0 Å². The van der Waals surface area contributed by atoms with Crippen LogP contribution >= 0.6 is 0 Å². The van der Waals surface area contributed by atoms with Gasteiger partial charge in [0, 0.05) is 25.2 Å². The van der Waals surface area contributed by atoms with E-state index in [1.54, 1.807) is 0 Å². The second kappa shape index (κ2) is 11.8. The zero-order valence-electron chi connectivity index (χ0n) is 20.8. The van der Waals surface area contributed by atoms with Crippen LogP contribution in [0.1, 0.15) is 58.9 Å². The van der Waals surface area contributed by atoms with Crippen LogP contribution in [0.5, 0.6) is 0 Å². The number of nitriles is 1. The minimum atomic E-state index is -0.455. The highest BCUT2D eigenvalue weighted by molar-refractivity contribution is 5.89. The average molecular weight is 486 g/mol. The Kier molecular flexibility index (Phi) is 8.35. The van der Waals surface area contributed by atoms with Gasteiger partial charge in [-0.3, -0.25) is 0 Å². The highest BCUT2D eigenvalue weighted by Gasteiger charge is 2.24. The second-order valence-corrected chi connectivity index (χ2v) is 9.40. The molecule has 1 heterocycles. The zero-order chi connectivity index (χ0) is 25.5. The number of ether oxygens (including phenoxy) is 1. The molecular weight excluding hydrogens is 453 g/mol. The number of halogens is 1. The Bertz CT molecular complexity index is 1220. The number of fused-ring (bicyclic) bond motifs is 1. The number of nitrogens with zero attached hydrogens (tertiary/aromatic N) is 2. The first kappa shape index (κ1) is 25.4. The van der Waals surface area contributed by atoms with Crippen LogP contribution in [0.2, 0.25) is 0 Å². The fourth-order valence-corrected chi connectivity index (χ4v) is 4.89. The molecule has 0 saturated carbocycles. The molecule has 0 aromatic heterocycles. The summed E-state index contributed by atoms with van der Waals surface area (Å²) in [6, 6.07) is 22.9.